The second-order valence-electron chi connectivity index (χ2n) is 6.46. The lowest BCUT2D eigenvalue weighted by Gasteiger charge is -2.38. The molecular formula is C22H23N3O3S. The predicted octanol–water partition coefficient (Wildman–Crippen LogP) is 3.97. The maximum atomic E-state index is 12.5. The van der Waals surface area contributed by atoms with Gasteiger partial charge in [0.05, 0.1) is 11.9 Å². The molecule has 1 atom stereocenters. The van der Waals surface area contributed by atoms with Crippen molar-refractivity contribution in [3.05, 3.63) is 83.6 Å². The van der Waals surface area contributed by atoms with E-state index in [9.17, 15) is 9.90 Å². The van der Waals surface area contributed by atoms with E-state index >= 15 is 0 Å². The van der Waals surface area contributed by atoms with Crippen LogP contribution in [0.15, 0.2) is 66.7 Å². The lowest BCUT2D eigenvalue weighted by molar-refractivity contribution is -0.138. The summed E-state index contributed by atoms with van der Waals surface area (Å²) in [6.07, 6.45) is 1.91. The summed E-state index contributed by atoms with van der Waals surface area (Å²) in [5.41, 5.74) is 2.43. The van der Waals surface area contributed by atoms with Crippen molar-refractivity contribution in [1.29, 1.82) is 0 Å². The Balaban J connectivity index is 2.18. The first kappa shape index (κ1) is 20.7. The molecule has 0 aliphatic heterocycles. The first-order valence-corrected chi connectivity index (χ1v) is 10.3. The summed E-state index contributed by atoms with van der Waals surface area (Å²) in [6.45, 7) is 1.81. The van der Waals surface area contributed by atoms with Gasteiger partial charge in [-0.3, -0.25) is 0 Å². The van der Waals surface area contributed by atoms with Gasteiger partial charge in [-0.25, -0.2) is 9.78 Å². The van der Waals surface area contributed by atoms with Gasteiger partial charge in [-0.2, -0.15) is 4.98 Å². The number of carboxylic acids is 1. The number of thioether (sulfide) groups is 1. The molecule has 0 aliphatic carbocycles. The standard InChI is InChI=1S/C22H23N3O3S/c1-15-14-18(28-2)24-21(23-15)25-19(20(26)27)22(29-3,16-10-6-4-7-11-16)17-12-8-5-9-13-17/h4-14,19H,1-3H3,(H,26,27)(H,23,24,25). The maximum Gasteiger partial charge on any atom is 0.328 e. The zero-order chi connectivity index (χ0) is 20.9. The van der Waals surface area contributed by atoms with Gasteiger partial charge in [-0.15, -0.1) is 11.8 Å². The zero-order valence-corrected chi connectivity index (χ0v) is 17.3. The second kappa shape index (κ2) is 8.96. The number of aliphatic carboxylic acids is 1. The summed E-state index contributed by atoms with van der Waals surface area (Å²) < 4.78 is 4.31. The Labute approximate surface area is 174 Å². The van der Waals surface area contributed by atoms with Crippen LogP contribution in [0.2, 0.25) is 0 Å². The Morgan fingerprint density at radius 2 is 1.62 bits per heavy atom. The maximum absolute atomic E-state index is 12.5. The molecule has 1 unspecified atom stereocenters. The number of anilines is 1. The molecule has 6 nitrogen and oxygen atoms in total. The van der Waals surface area contributed by atoms with Gasteiger partial charge < -0.3 is 15.2 Å². The lowest BCUT2D eigenvalue weighted by Crippen LogP contribution is -2.48. The van der Waals surface area contributed by atoms with E-state index in [1.54, 1.807) is 13.0 Å². The number of carbonyl (C=O) groups is 1. The van der Waals surface area contributed by atoms with Crippen molar-refractivity contribution < 1.29 is 14.6 Å². The van der Waals surface area contributed by atoms with Crippen LogP contribution >= 0.6 is 11.8 Å². The zero-order valence-electron chi connectivity index (χ0n) is 16.5. The molecule has 3 aromatic rings. The highest BCUT2D eigenvalue weighted by Crippen LogP contribution is 2.45. The fourth-order valence-electron chi connectivity index (χ4n) is 3.40. The van der Waals surface area contributed by atoms with Crippen LogP contribution < -0.4 is 10.1 Å². The van der Waals surface area contributed by atoms with E-state index in [1.165, 1.54) is 18.9 Å². The van der Waals surface area contributed by atoms with Gasteiger partial charge >= 0.3 is 5.97 Å². The van der Waals surface area contributed by atoms with E-state index in [0.29, 0.717) is 11.6 Å². The third kappa shape index (κ3) is 4.19. The van der Waals surface area contributed by atoms with Gasteiger partial charge in [0, 0.05) is 11.8 Å². The normalized spacial score (nSPS) is 12.2. The average Bonchev–Trinajstić information content (AvgIpc) is 2.75. The molecule has 2 N–H and O–H groups in total. The van der Waals surface area contributed by atoms with E-state index in [2.05, 4.69) is 15.3 Å². The van der Waals surface area contributed by atoms with Crippen molar-refractivity contribution in [3.8, 4) is 5.88 Å². The van der Waals surface area contributed by atoms with E-state index in [-0.39, 0.29) is 5.95 Å². The van der Waals surface area contributed by atoms with Crippen LogP contribution in [-0.2, 0) is 9.54 Å². The third-order valence-electron chi connectivity index (χ3n) is 4.69. The molecule has 2 aromatic carbocycles. The van der Waals surface area contributed by atoms with Gasteiger partial charge in [-0.1, -0.05) is 60.7 Å². The van der Waals surface area contributed by atoms with Crippen LogP contribution in [0, 0.1) is 6.92 Å². The summed E-state index contributed by atoms with van der Waals surface area (Å²) in [4.78, 5) is 21.2. The summed E-state index contributed by atoms with van der Waals surface area (Å²) in [7, 11) is 1.51. The molecule has 3 rings (SSSR count). The van der Waals surface area contributed by atoms with Crippen LogP contribution in [0.25, 0.3) is 0 Å². The Morgan fingerprint density at radius 1 is 1.07 bits per heavy atom. The molecule has 0 bridgehead atoms. The molecule has 0 saturated carbocycles. The summed E-state index contributed by atoms with van der Waals surface area (Å²) in [6, 6.07) is 19.9. The summed E-state index contributed by atoms with van der Waals surface area (Å²) >= 11 is 1.46. The number of hydrogen-bond acceptors (Lipinski definition) is 6. The number of hydrogen-bond donors (Lipinski definition) is 2. The Bertz CT molecular complexity index is 928. The third-order valence-corrected chi connectivity index (χ3v) is 6.05. The first-order chi connectivity index (χ1) is 14.0. The Kier molecular flexibility index (Phi) is 6.39. The number of benzene rings is 2. The number of carboxylic acid groups (broad SMARTS) is 1. The van der Waals surface area contributed by atoms with Crippen LogP contribution in [0.5, 0.6) is 5.88 Å². The van der Waals surface area contributed by atoms with Crippen molar-refractivity contribution in [3.63, 3.8) is 0 Å². The molecule has 0 saturated heterocycles. The van der Waals surface area contributed by atoms with E-state index in [0.717, 1.165) is 11.1 Å². The highest BCUT2D eigenvalue weighted by atomic mass is 32.2. The molecule has 0 fully saturated rings. The molecule has 29 heavy (non-hydrogen) atoms. The highest BCUT2D eigenvalue weighted by molar-refractivity contribution is 7.99. The summed E-state index contributed by atoms with van der Waals surface area (Å²) in [5, 5.41) is 13.3. The van der Waals surface area contributed by atoms with Gasteiger partial charge in [0.25, 0.3) is 0 Å². The van der Waals surface area contributed by atoms with Crippen LogP contribution in [0.1, 0.15) is 16.8 Å². The molecular weight excluding hydrogens is 386 g/mol. The highest BCUT2D eigenvalue weighted by Gasteiger charge is 2.46. The molecule has 0 spiro atoms. The number of rotatable bonds is 8. The van der Waals surface area contributed by atoms with Crippen molar-refractivity contribution in [2.24, 2.45) is 0 Å². The number of ether oxygens (including phenoxy) is 1. The monoisotopic (exact) mass is 409 g/mol. The topological polar surface area (TPSA) is 84.3 Å². The minimum absolute atomic E-state index is 0.208. The smallest absolute Gasteiger partial charge is 0.328 e. The Morgan fingerprint density at radius 3 is 2.07 bits per heavy atom. The SMILES string of the molecule is COc1cc(C)nc(NC(C(=O)O)C(SC)(c2ccccc2)c2ccccc2)n1. The van der Waals surface area contributed by atoms with Crippen LogP contribution in [0.3, 0.4) is 0 Å². The van der Waals surface area contributed by atoms with Gasteiger partial charge in [-0.05, 0) is 24.3 Å². The van der Waals surface area contributed by atoms with Crippen molar-refractivity contribution >= 4 is 23.7 Å². The van der Waals surface area contributed by atoms with Crippen molar-refractivity contribution in [1.82, 2.24) is 9.97 Å². The minimum atomic E-state index is -1.03. The predicted molar refractivity (Wildman–Crippen MR) is 116 cm³/mol. The van der Waals surface area contributed by atoms with Crippen LogP contribution in [-0.4, -0.2) is 40.5 Å². The number of aryl methyl sites for hydroxylation is 1. The quantitative estimate of drug-likeness (QED) is 0.582. The minimum Gasteiger partial charge on any atom is -0.481 e. The fraction of sp³-hybridized carbons (Fsp3) is 0.227. The Hall–Kier alpha value is -3.06. The van der Waals surface area contributed by atoms with E-state index in [1.807, 2.05) is 66.9 Å². The average molecular weight is 410 g/mol. The van der Waals surface area contributed by atoms with E-state index in [4.69, 9.17) is 4.74 Å². The fourth-order valence-corrected chi connectivity index (χ4v) is 4.54. The molecule has 0 amide bonds. The lowest BCUT2D eigenvalue weighted by atomic mass is 9.83. The molecule has 1 aromatic heterocycles. The molecule has 150 valence electrons. The van der Waals surface area contributed by atoms with Gasteiger partial charge in [0.2, 0.25) is 11.8 Å². The first-order valence-electron chi connectivity index (χ1n) is 9.06. The van der Waals surface area contributed by atoms with Gasteiger partial charge in [0.15, 0.2) is 0 Å². The van der Waals surface area contributed by atoms with Crippen molar-refractivity contribution in [2.75, 3.05) is 18.7 Å². The molecule has 0 aliphatic rings. The molecule has 7 heteroatoms. The largest absolute Gasteiger partial charge is 0.481 e. The van der Waals surface area contributed by atoms with Crippen molar-refractivity contribution in [2.45, 2.75) is 17.7 Å². The summed E-state index contributed by atoms with van der Waals surface area (Å²) in [5.74, 6) is -0.422. The van der Waals surface area contributed by atoms with E-state index < -0.39 is 16.8 Å². The van der Waals surface area contributed by atoms with Crippen LogP contribution in [0.4, 0.5) is 5.95 Å². The van der Waals surface area contributed by atoms with Gasteiger partial charge in [0.1, 0.15) is 6.04 Å². The molecule has 0 radical (unpaired) electrons. The number of methoxy groups -OCH3 is 1. The molecule has 1 heterocycles. The number of aromatic nitrogens is 2. The second-order valence-corrected chi connectivity index (χ2v) is 7.51. The number of nitrogens with zero attached hydrogens (tertiary/aromatic N) is 2. The number of nitrogens with one attached hydrogen (secondary N) is 1.